The van der Waals surface area contributed by atoms with Gasteiger partial charge in [0.2, 0.25) is 0 Å². The van der Waals surface area contributed by atoms with Gasteiger partial charge in [0.05, 0.1) is 30.8 Å². The minimum atomic E-state index is -0.0935. The molecule has 1 amide bonds. The number of hydrogen-bond acceptors (Lipinski definition) is 5. The van der Waals surface area contributed by atoms with Crippen LogP contribution in [0.1, 0.15) is 22.5 Å². The molecule has 2 aromatic rings. The summed E-state index contributed by atoms with van der Waals surface area (Å²) in [7, 11) is 1.59. The van der Waals surface area contributed by atoms with Crippen molar-refractivity contribution in [1.29, 1.82) is 0 Å². The predicted molar refractivity (Wildman–Crippen MR) is 83.9 cm³/mol. The maximum atomic E-state index is 12.7. The van der Waals surface area contributed by atoms with E-state index in [2.05, 4.69) is 0 Å². The number of aliphatic hydroxyl groups excluding tert-OH is 1. The summed E-state index contributed by atoms with van der Waals surface area (Å²) in [6.07, 6.45) is 1.77. The summed E-state index contributed by atoms with van der Waals surface area (Å²) in [6, 6.07) is 5.57. The molecule has 1 aromatic heterocycles. The van der Waals surface area contributed by atoms with Gasteiger partial charge in [-0.2, -0.15) is 0 Å². The van der Waals surface area contributed by atoms with Gasteiger partial charge in [-0.1, -0.05) is 6.07 Å². The zero-order valence-corrected chi connectivity index (χ0v) is 12.7. The first-order valence-corrected chi connectivity index (χ1v) is 7.75. The average molecular weight is 306 g/mol. The van der Waals surface area contributed by atoms with Crippen LogP contribution in [-0.4, -0.2) is 42.2 Å². The largest absolute Gasteiger partial charge is 0.496 e. The number of likely N-dealkylation sites (tertiary alicyclic amines) is 1. The van der Waals surface area contributed by atoms with Crippen molar-refractivity contribution in [2.24, 2.45) is 0 Å². The van der Waals surface area contributed by atoms with E-state index in [4.69, 9.17) is 10.5 Å². The number of thiophene rings is 1. The summed E-state index contributed by atoms with van der Waals surface area (Å²) in [5.74, 6) is 0.590. The van der Waals surface area contributed by atoms with Crippen molar-refractivity contribution in [3.05, 3.63) is 23.1 Å². The Bertz CT molecular complexity index is 683. The lowest BCUT2D eigenvalue weighted by Gasteiger charge is -2.22. The molecule has 0 spiro atoms. The first-order chi connectivity index (χ1) is 10.2. The average Bonchev–Trinajstić information content (AvgIpc) is 3.11. The minimum Gasteiger partial charge on any atom is -0.496 e. The number of benzene rings is 1. The number of rotatable bonds is 3. The van der Waals surface area contributed by atoms with E-state index in [9.17, 15) is 9.90 Å². The topological polar surface area (TPSA) is 75.8 Å². The van der Waals surface area contributed by atoms with Crippen LogP contribution in [0.2, 0.25) is 0 Å². The molecule has 1 aromatic carbocycles. The highest BCUT2D eigenvalue weighted by molar-refractivity contribution is 7.21. The van der Waals surface area contributed by atoms with E-state index in [-0.39, 0.29) is 18.6 Å². The lowest BCUT2D eigenvalue weighted by Crippen LogP contribution is -2.37. The van der Waals surface area contributed by atoms with Crippen molar-refractivity contribution >= 4 is 33.0 Å². The van der Waals surface area contributed by atoms with Crippen molar-refractivity contribution in [1.82, 2.24) is 4.90 Å². The number of nitrogen functional groups attached to an aromatic ring is 1. The molecule has 0 bridgehead atoms. The fourth-order valence-corrected chi connectivity index (χ4v) is 3.99. The number of hydrogen-bond donors (Lipinski definition) is 2. The molecule has 3 N–H and O–H groups in total. The Balaban J connectivity index is 2.05. The van der Waals surface area contributed by atoms with Crippen molar-refractivity contribution in [3.63, 3.8) is 0 Å². The maximum absolute atomic E-state index is 12.7. The third-order valence-corrected chi connectivity index (χ3v) is 5.14. The second-order valence-electron chi connectivity index (χ2n) is 5.16. The molecule has 5 nitrogen and oxygen atoms in total. The third kappa shape index (κ3) is 2.24. The number of aliphatic hydroxyl groups is 1. The van der Waals surface area contributed by atoms with Crippen LogP contribution in [0.3, 0.4) is 0 Å². The molecule has 112 valence electrons. The number of amides is 1. The van der Waals surface area contributed by atoms with Gasteiger partial charge in [0, 0.05) is 11.2 Å². The van der Waals surface area contributed by atoms with E-state index in [1.165, 1.54) is 11.3 Å². The second kappa shape index (κ2) is 5.54. The summed E-state index contributed by atoms with van der Waals surface area (Å²) in [5.41, 5.74) is 6.66. The Morgan fingerprint density at radius 3 is 3.10 bits per heavy atom. The Kier molecular flexibility index (Phi) is 3.73. The van der Waals surface area contributed by atoms with Crippen LogP contribution in [0.25, 0.3) is 10.1 Å². The Morgan fingerprint density at radius 1 is 1.57 bits per heavy atom. The number of anilines is 1. The van der Waals surface area contributed by atoms with E-state index in [0.717, 1.165) is 22.9 Å². The van der Waals surface area contributed by atoms with Gasteiger partial charge in [-0.05, 0) is 25.0 Å². The smallest absolute Gasteiger partial charge is 0.266 e. The Hall–Kier alpha value is -1.79. The number of nitrogens with two attached hydrogens (primary N) is 1. The van der Waals surface area contributed by atoms with Gasteiger partial charge >= 0.3 is 0 Å². The fourth-order valence-electron chi connectivity index (χ4n) is 2.89. The van der Waals surface area contributed by atoms with E-state index in [1.54, 1.807) is 12.0 Å². The predicted octanol–water partition coefficient (Wildman–Crippen LogP) is 2.09. The summed E-state index contributed by atoms with van der Waals surface area (Å²) in [4.78, 5) is 15.0. The number of methoxy groups -OCH3 is 1. The second-order valence-corrected chi connectivity index (χ2v) is 6.21. The summed E-state index contributed by atoms with van der Waals surface area (Å²) in [5, 5.41) is 10.2. The molecule has 2 heterocycles. The zero-order chi connectivity index (χ0) is 15.0. The van der Waals surface area contributed by atoms with E-state index < -0.39 is 0 Å². The van der Waals surface area contributed by atoms with Gasteiger partial charge in [-0.3, -0.25) is 4.79 Å². The van der Waals surface area contributed by atoms with Crippen molar-refractivity contribution < 1.29 is 14.6 Å². The van der Waals surface area contributed by atoms with Crippen molar-refractivity contribution in [2.75, 3.05) is 26.0 Å². The van der Waals surface area contributed by atoms with Gasteiger partial charge < -0.3 is 20.5 Å². The molecule has 1 unspecified atom stereocenters. The van der Waals surface area contributed by atoms with E-state index in [0.29, 0.717) is 22.9 Å². The number of carbonyl (C=O) groups excluding carboxylic acids is 1. The minimum absolute atomic E-state index is 0.000138. The first-order valence-electron chi connectivity index (χ1n) is 6.94. The molecule has 6 heteroatoms. The van der Waals surface area contributed by atoms with Crippen LogP contribution in [-0.2, 0) is 0 Å². The SMILES string of the molecule is COc1cccc2sc(C(=O)N3CCCC3CO)c(N)c12. The molecule has 3 rings (SSSR count). The first kappa shape index (κ1) is 14.2. The van der Waals surface area contributed by atoms with Crippen molar-refractivity contribution in [3.8, 4) is 5.75 Å². The summed E-state index contributed by atoms with van der Waals surface area (Å²) < 4.78 is 6.27. The molecule has 0 saturated carbocycles. The molecule has 1 aliphatic heterocycles. The molecular formula is C15H18N2O3S. The van der Waals surface area contributed by atoms with Crippen LogP contribution in [0.5, 0.6) is 5.75 Å². The van der Waals surface area contributed by atoms with Gasteiger partial charge in [0.1, 0.15) is 10.6 Å². The van der Waals surface area contributed by atoms with E-state index >= 15 is 0 Å². The molecule has 1 aliphatic rings. The molecule has 1 fully saturated rings. The molecule has 1 saturated heterocycles. The molecule has 0 radical (unpaired) electrons. The van der Waals surface area contributed by atoms with Crippen LogP contribution >= 0.6 is 11.3 Å². The highest BCUT2D eigenvalue weighted by atomic mass is 32.1. The Labute approximate surface area is 126 Å². The number of nitrogens with zero attached hydrogens (tertiary/aromatic N) is 1. The lowest BCUT2D eigenvalue weighted by atomic mass is 10.2. The maximum Gasteiger partial charge on any atom is 0.266 e. The van der Waals surface area contributed by atoms with Gasteiger partial charge in [-0.15, -0.1) is 11.3 Å². The van der Waals surface area contributed by atoms with Gasteiger partial charge in [0.25, 0.3) is 5.91 Å². The fraction of sp³-hybridized carbons (Fsp3) is 0.400. The Morgan fingerprint density at radius 2 is 2.38 bits per heavy atom. The van der Waals surface area contributed by atoms with E-state index in [1.807, 2.05) is 18.2 Å². The van der Waals surface area contributed by atoms with Gasteiger partial charge in [0.15, 0.2) is 0 Å². The molecule has 21 heavy (non-hydrogen) atoms. The normalized spacial score (nSPS) is 18.4. The van der Waals surface area contributed by atoms with Crippen LogP contribution in [0.4, 0.5) is 5.69 Å². The number of carbonyl (C=O) groups is 1. The van der Waals surface area contributed by atoms with Crippen molar-refractivity contribution in [2.45, 2.75) is 18.9 Å². The van der Waals surface area contributed by atoms with Gasteiger partial charge in [-0.25, -0.2) is 0 Å². The number of ether oxygens (including phenoxy) is 1. The lowest BCUT2D eigenvalue weighted by molar-refractivity contribution is 0.0683. The van der Waals surface area contributed by atoms with Crippen LogP contribution < -0.4 is 10.5 Å². The monoisotopic (exact) mass is 306 g/mol. The molecule has 1 atom stereocenters. The third-order valence-electron chi connectivity index (χ3n) is 3.98. The van der Waals surface area contributed by atoms with Crippen LogP contribution in [0, 0.1) is 0 Å². The highest BCUT2D eigenvalue weighted by Gasteiger charge is 2.31. The quantitative estimate of drug-likeness (QED) is 0.910. The highest BCUT2D eigenvalue weighted by Crippen LogP contribution is 2.40. The summed E-state index contributed by atoms with van der Waals surface area (Å²) >= 11 is 1.38. The van der Waals surface area contributed by atoms with Crippen LogP contribution in [0.15, 0.2) is 18.2 Å². The molecule has 0 aliphatic carbocycles. The summed E-state index contributed by atoms with van der Waals surface area (Å²) in [6.45, 7) is 0.675. The standard InChI is InChI=1S/C15H18N2O3S/c1-20-10-5-2-6-11-12(10)13(16)14(21-11)15(19)17-7-3-4-9(17)8-18/h2,5-6,9,18H,3-4,7-8,16H2,1H3. The molecular weight excluding hydrogens is 288 g/mol. The number of fused-ring (bicyclic) bond motifs is 1. The zero-order valence-electron chi connectivity index (χ0n) is 11.8.